The van der Waals surface area contributed by atoms with Gasteiger partial charge in [0.15, 0.2) is 0 Å². The van der Waals surface area contributed by atoms with Gasteiger partial charge >= 0.3 is 0 Å². The molecule has 0 aliphatic carbocycles. The first-order chi connectivity index (χ1) is 20.4. The first-order valence-electron chi connectivity index (χ1n) is 13.8. The lowest BCUT2D eigenvalue weighted by atomic mass is 10.1. The van der Waals surface area contributed by atoms with Gasteiger partial charge < -0.3 is 9.84 Å². The lowest BCUT2D eigenvalue weighted by molar-refractivity contribution is 0.211. The predicted molar refractivity (Wildman–Crippen MR) is 161 cm³/mol. The van der Waals surface area contributed by atoms with Crippen molar-refractivity contribution >= 4 is 21.8 Å². The minimum absolute atomic E-state index is 0.117. The van der Waals surface area contributed by atoms with Gasteiger partial charge in [-0.1, -0.05) is 43.3 Å². The van der Waals surface area contributed by atoms with Crippen LogP contribution in [-0.2, 0) is 13.2 Å². The van der Waals surface area contributed by atoms with Gasteiger partial charge in [-0.3, -0.25) is 14.3 Å². The number of phenolic OH excluding ortho intramolecular Hbond substituents is 1. The highest BCUT2D eigenvalue weighted by Gasteiger charge is 2.21. The van der Waals surface area contributed by atoms with Gasteiger partial charge in [0.05, 0.1) is 35.0 Å². The van der Waals surface area contributed by atoms with Crippen LogP contribution in [-0.4, -0.2) is 53.9 Å². The molecule has 0 aliphatic heterocycles. The molecular weight excluding hydrogens is 530 g/mol. The summed E-state index contributed by atoms with van der Waals surface area (Å²) in [5.41, 5.74) is 3.52. The van der Waals surface area contributed by atoms with Gasteiger partial charge in [-0.2, -0.15) is 4.80 Å². The quantitative estimate of drug-likeness (QED) is 0.262. The van der Waals surface area contributed by atoms with Crippen molar-refractivity contribution < 1.29 is 9.84 Å². The van der Waals surface area contributed by atoms with E-state index >= 15 is 0 Å². The largest absolute Gasteiger partial charge is 0.508 e. The van der Waals surface area contributed by atoms with E-state index in [9.17, 15) is 9.90 Å². The van der Waals surface area contributed by atoms with Crippen LogP contribution in [0, 0.1) is 0 Å². The molecule has 6 aromatic rings. The molecule has 0 saturated carbocycles. The van der Waals surface area contributed by atoms with E-state index in [4.69, 9.17) is 4.74 Å². The Kier molecular flexibility index (Phi) is 7.37. The van der Waals surface area contributed by atoms with Crippen LogP contribution < -0.4 is 10.3 Å². The number of hydrogen-bond donors (Lipinski definition) is 1. The van der Waals surface area contributed by atoms with Crippen molar-refractivity contribution in [1.29, 1.82) is 0 Å². The highest BCUT2D eigenvalue weighted by molar-refractivity contribution is 5.84. The van der Waals surface area contributed by atoms with Crippen molar-refractivity contribution in [3.63, 3.8) is 0 Å². The summed E-state index contributed by atoms with van der Waals surface area (Å²) < 4.78 is 7.76. The minimum Gasteiger partial charge on any atom is -0.508 e. The highest BCUT2D eigenvalue weighted by Crippen LogP contribution is 2.26. The number of tetrazole rings is 1. The second kappa shape index (κ2) is 11.4. The maximum Gasteiger partial charge on any atom is 0.263 e. The molecule has 0 saturated heterocycles. The highest BCUT2D eigenvalue weighted by atomic mass is 16.5. The zero-order valence-electron chi connectivity index (χ0n) is 23.7. The molecule has 6 rings (SSSR count). The second-order valence-electron chi connectivity index (χ2n) is 10.4. The lowest BCUT2D eigenvalue weighted by Crippen LogP contribution is -2.34. The number of ether oxygens (including phenoxy) is 1. The third-order valence-electron chi connectivity index (χ3n) is 7.24. The third kappa shape index (κ3) is 5.44. The summed E-state index contributed by atoms with van der Waals surface area (Å²) in [4.78, 5) is 21.9. The van der Waals surface area contributed by atoms with Gasteiger partial charge in [0.25, 0.3) is 5.56 Å². The average Bonchev–Trinajstić information content (AvgIpc) is 3.45. The predicted octanol–water partition coefficient (Wildman–Crippen LogP) is 5.01. The number of pyridine rings is 2. The van der Waals surface area contributed by atoms with Crippen molar-refractivity contribution in [1.82, 2.24) is 34.7 Å². The molecule has 10 heteroatoms. The van der Waals surface area contributed by atoms with Crippen molar-refractivity contribution in [2.24, 2.45) is 0 Å². The summed E-state index contributed by atoms with van der Waals surface area (Å²) in [6.45, 7) is 2.71. The van der Waals surface area contributed by atoms with Crippen LogP contribution in [0.5, 0.6) is 11.5 Å². The Morgan fingerprint density at radius 3 is 2.64 bits per heavy atom. The van der Waals surface area contributed by atoms with E-state index in [0.29, 0.717) is 36.3 Å². The first kappa shape index (κ1) is 27.1. The van der Waals surface area contributed by atoms with Crippen LogP contribution in [0.4, 0.5) is 0 Å². The number of rotatable bonds is 9. The van der Waals surface area contributed by atoms with Crippen molar-refractivity contribution in [3.05, 3.63) is 107 Å². The zero-order chi connectivity index (χ0) is 29.2. The fourth-order valence-corrected chi connectivity index (χ4v) is 5.23. The average molecular weight is 562 g/mol. The van der Waals surface area contributed by atoms with Crippen molar-refractivity contribution in [2.45, 2.75) is 32.7 Å². The van der Waals surface area contributed by atoms with Gasteiger partial charge in [-0.15, -0.1) is 10.2 Å². The standard InChI is InChI=1S/C32H31N7O3/c1-4-30(37(2)3)39-29-15-14-25(40)17-23(29)18-27(32(39)41)31-34-36-38(35-31)19-21-8-7-10-26(16-21)42-20-24-13-12-22-9-5-6-11-28(22)33-24/h5-18,30,40H,4,19-20H2,1-3H3. The van der Waals surface area contributed by atoms with E-state index < -0.39 is 0 Å². The summed E-state index contributed by atoms with van der Waals surface area (Å²) in [6.07, 6.45) is 0.522. The van der Waals surface area contributed by atoms with E-state index in [-0.39, 0.29) is 23.3 Å². The van der Waals surface area contributed by atoms with Crippen molar-refractivity contribution in [2.75, 3.05) is 14.1 Å². The zero-order valence-corrected chi connectivity index (χ0v) is 23.7. The van der Waals surface area contributed by atoms with Gasteiger partial charge in [0.2, 0.25) is 5.82 Å². The Hall–Kier alpha value is -5.09. The Labute approximate surface area is 242 Å². The molecule has 3 aromatic carbocycles. The molecule has 1 N–H and O–H groups in total. The van der Waals surface area contributed by atoms with E-state index in [0.717, 1.165) is 27.7 Å². The van der Waals surface area contributed by atoms with E-state index in [2.05, 4.69) is 20.4 Å². The fraction of sp³-hybridized carbons (Fsp3) is 0.219. The summed E-state index contributed by atoms with van der Waals surface area (Å²) in [5, 5.41) is 24.9. The smallest absolute Gasteiger partial charge is 0.263 e. The molecule has 3 aromatic heterocycles. The number of aromatic nitrogens is 6. The molecule has 1 atom stereocenters. The molecule has 42 heavy (non-hydrogen) atoms. The number of nitrogens with zero attached hydrogens (tertiary/aromatic N) is 7. The van der Waals surface area contributed by atoms with Gasteiger partial charge in [-0.25, -0.2) is 4.98 Å². The Balaban J connectivity index is 1.24. The van der Waals surface area contributed by atoms with Crippen LogP contribution in [0.1, 0.15) is 30.8 Å². The second-order valence-corrected chi connectivity index (χ2v) is 10.4. The maximum absolute atomic E-state index is 13.8. The SMILES string of the molecule is CCC(N(C)C)n1c(=O)c(-c2nnn(Cc3cccc(OCc4ccc5ccccc5n4)c3)n2)cc2cc(O)ccc21. The Morgan fingerprint density at radius 1 is 0.952 bits per heavy atom. The normalized spacial score (nSPS) is 12.3. The Bertz CT molecular complexity index is 1950. The number of para-hydroxylation sites is 1. The molecule has 0 radical (unpaired) electrons. The molecule has 0 amide bonds. The first-order valence-corrected chi connectivity index (χ1v) is 13.8. The number of fused-ring (bicyclic) bond motifs is 2. The summed E-state index contributed by atoms with van der Waals surface area (Å²) in [7, 11) is 3.87. The van der Waals surface area contributed by atoms with Gasteiger partial charge in [0.1, 0.15) is 18.1 Å². The van der Waals surface area contributed by atoms with Crippen LogP contribution in [0.15, 0.2) is 89.7 Å². The lowest BCUT2D eigenvalue weighted by Gasteiger charge is -2.27. The van der Waals surface area contributed by atoms with E-state index in [1.54, 1.807) is 28.8 Å². The Morgan fingerprint density at radius 2 is 1.81 bits per heavy atom. The van der Waals surface area contributed by atoms with Crippen LogP contribution >= 0.6 is 0 Å². The summed E-state index contributed by atoms with van der Waals surface area (Å²) in [6, 6.07) is 26.4. The van der Waals surface area contributed by atoms with E-state index in [1.165, 1.54) is 4.80 Å². The molecule has 0 spiro atoms. The van der Waals surface area contributed by atoms with Crippen LogP contribution in [0.3, 0.4) is 0 Å². The topological polar surface area (TPSA) is 111 Å². The monoisotopic (exact) mass is 561 g/mol. The van der Waals surface area contributed by atoms with Gasteiger partial charge in [-0.05, 0) is 79.8 Å². The minimum atomic E-state index is -0.217. The number of hydrogen-bond acceptors (Lipinski definition) is 8. The molecular formula is C32H31N7O3. The van der Waals surface area contributed by atoms with Crippen LogP contribution in [0.2, 0.25) is 0 Å². The molecule has 1 unspecified atom stereocenters. The maximum atomic E-state index is 13.8. The van der Waals surface area contributed by atoms with Crippen LogP contribution in [0.25, 0.3) is 33.2 Å². The van der Waals surface area contributed by atoms with Crippen molar-refractivity contribution in [3.8, 4) is 22.9 Å². The summed E-state index contributed by atoms with van der Waals surface area (Å²) in [5.74, 6) is 1.04. The molecule has 10 nitrogen and oxygen atoms in total. The molecule has 212 valence electrons. The number of benzene rings is 3. The molecule has 0 aliphatic rings. The van der Waals surface area contributed by atoms with E-state index in [1.807, 2.05) is 86.6 Å². The fourth-order valence-electron chi connectivity index (χ4n) is 5.23. The number of phenols is 1. The third-order valence-corrected chi connectivity index (χ3v) is 7.24. The van der Waals surface area contributed by atoms with Gasteiger partial charge in [0, 0.05) is 10.8 Å². The molecule has 0 bridgehead atoms. The molecule has 3 heterocycles. The molecule has 0 fully saturated rings. The summed E-state index contributed by atoms with van der Waals surface area (Å²) >= 11 is 0. The number of aromatic hydroxyl groups is 1.